The van der Waals surface area contributed by atoms with Crippen LogP contribution in [0, 0.1) is 11.3 Å². The molecule has 0 bridgehead atoms. The fraction of sp³-hybridized carbons (Fsp3) is 0.909. The predicted octanol–water partition coefficient (Wildman–Crippen LogP) is 0.849. The van der Waals surface area contributed by atoms with Crippen molar-refractivity contribution in [2.24, 2.45) is 11.3 Å². The molecule has 4 nitrogen and oxygen atoms in total. The summed E-state index contributed by atoms with van der Waals surface area (Å²) in [5, 5.41) is 21.2. The molecule has 1 saturated carbocycles. The lowest BCUT2D eigenvalue weighted by Crippen LogP contribution is -2.38. The lowest BCUT2D eigenvalue weighted by molar-refractivity contribution is -0.140. The van der Waals surface area contributed by atoms with Crippen molar-refractivity contribution in [1.82, 2.24) is 5.32 Å². The van der Waals surface area contributed by atoms with Gasteiger partial charge in [0.15, 0.2) is 0 Å². The molecule has 15 heavy (non-hydrogen) atoms. The first-order chi connectivity index (χ1) is 7.09. The van der Waals surface area contributed by atoms with Gasteiger partial charge in [0.05, 0.1) is 5.92 Å². The average Bonchev–Trinajstić information content (AvgIpc) is 2.67. The summed E-state index contributed by atoms with van der Waals surface area (Å²) in [4.78, 5) is 10.6. The summed E-state index contributed by atoms with van der Waals surface area (Å²) < 4.78 is 0. The lowest BCUT2D eigenvalue weighted by atomic mass is 9.87. The Labute approximate surface area is 90.7 Å². The summed E-state index contributed by atoms with van der Waals surface area (Å²) in [6.45, 7) is 3.12. The number of nitrogens with one attached hydrogen (secondary N) is 1. The quantitative estimate of drug-likeness (QED) is 0.614. The van der Waals surface area contributed by atoms with Gasteiger partial charge in [-0.15, -0.1) is 0 Å². The Kier molecular flexibility index (Phi) is 4.54. The van der Waals surface area contributed by atoms with Crippen LogP contribution in [0.25, 0.3) is 0 Å². The van der Waals surface area contributed by atoms with Gasteiger partial charge in [-0.2, -0.15) is 0 Å². The first kappa shape index (κ1) is 12.5. The van der Waals surface area contributed by atoms with E-state index in [0.29, 0.717) is 6.54 Å². The normalized spacial score (nSPS) is 21.5. The van der Waals surface area contributed by atoms with Crippen molar-refractivity contribution in [3.63, 3.8) is 0 Å². The summed E-state index contributed by atoms with van der Waals surface area (Å²) in [7, 11) is 0. The van der Waals surface area contributed by atoms with Crippen LogP contribution in [0.4, 0.5) is 0 Å². The molecule has 1 atom stereocenters. The van der Waals surface area contributed by atoms with Crippen LogP contribution in [-0.2, 0) is 4.79 Å². The Morgan fingerprint density at radius 2 is 2.07 bits per heavy atom. The highest BCUT2D eigenvalue weighted by Crippen LogP contribution is 2.36. The van der Waals surface area contributed by atoms with E-state index >= 15 is 0 Å². The molecular formula is C11H21NO3. The maximum atomic E-state index is 10.6. The monoisotopic (exact) mass is 215 g/mol. The van der Waals surface area contributed by atoms with E-state index in [4.69, 9.17) is 5.11 Å². The first-order valence-corrected chi connectivity index (χ1v) is 5.64. The van der Waals surface area contributed by atoms with Gasteiger partial charge in [-0.3, -0.25) is 4.79 Å². The van der Waals surface area contributed by atoms with Gasteiger partial charge in [0.1, 0.15) is 0 Å². The van der Waals surface area contributed by atoms with E-state index in [9.17, 15) is 9.90 Å². The number of carboxylic acids is 1. The van der Waals surface area contributed by atoms with Crippen LogP contribution in [0.5, 0.6) is 0 Å². The van der Waals surface area contributed by atoms with Crippen LogP contribution in [0.15, 0.2) is 0 Å². The molecule has 3 N–H and O–H groups in total. The zero-order chi connectivity index (χ0) is 11.3. The van der Waals surface area contributed by atoms with Crippen LogP contribution >= 0.6 is 0 Å². The Balaban J connectivity index is 2.26. The smallest absolute Gasteiger partial charge is 0.307 e. The zero-order valence-corrected chi connectivity index (χ0v) is 9.33. The molecule has 1 aliphatic carbocycles. The second kappa shape index (κ2) is 5.47. The number of aliphatic hydroxyl groups is 1. The van der Waals surface area contributed by atoms with Crippen molar-refractivity contribution in [2.75, 3.05) is 19.7 Å². The SMILES string of the molecule is CC(CNCC1(CO)CCCC1)C(=O)O. The van der Waals surface area contributed by atoms with Gasteiger partial charge in [0.2, 0.25) is 0 Å². The van der Waals surface area contributed by atoms with Gasteiger partial charge >= 0.3 is 5.97 Å². The molecule has 0 aromatic carbocycles. The van der Waals surface area contributed by atoms with Gasteiger partial charge in [-0.25, -0.2) is 0 Å². The maximum absolute atomic E-state index is 10.6. The standard InChI is InChI=1S/C11H21NO3/c1-9(10(14)15)6-12-7-11(8-13)4-2-3-5-11/h9,12-13H,2-8H2,1H3,(H,14,15). The Morgan fingerprint density at radius 1 is 1.47 bits per heavy atom. The maximum Gasteiger partial charge on any atom is 0.307 e. The largest absolute Gasteiger partial charge is 0.481 e. The summed E-state index contributed by atoms with van der Waals surface area (Å²) >= 11 is 0. The molecule has 0 spiro atoms. The van der Waals surface area contributed by atoms with Crippen molar-refractivity contribution in [2.45, 2.75) is 32.6 Å². The fourth-order valence-electron chi connectivity index (χ4n) is 2.16. The molecule has 0 aromatic heterocycles. The van der Waals surface area contributed by atoms with Crippen molar-refractivity contribution < 1.29 is 15.0 Å². The van der Waals surface area contributed by atoms with E-state index in [1.54, 1.807) is 6.92 Å². The highest BCUT2D eigenvalue weighted by atomic mass is 16.4. The lowest BCUT2D eigenvalue weighted by Gasteiger charge is -2.27. The Morgan fingerprint density at radius 3 is 2.53 bits per heavy atom. The summed E-state index contributed by atoms with van der Waals surface area (Å²) in [5.74, 6) is -1.13. The number of hydrogen-bond acceptors (Lipinski definition) is 3. The minimum absolute atomic E-state index is 0.0121. The fourth-order valence-corrected chi connectivity index (χ4v) is 2.16. The second-order valence-electron chi connectivity index (χ2n) is 4.74. The van der Waals surface area contributed by atoms with Gasteiger partial charge in [0, 0.05) is 25.1 Å². The number of aliphatic carboxylic acids is 1. The highest BCUT2D eigenvalue weighted by Gasteiger charge is 2.32. The molecule has 0 radical (unpaired) electrons. The number of aliphatic hydroxyl groups excluding tert-OH is 1. The molecule has 0 heterocycles. The number of rotatable bonds is 6. The summed E-state index contributed by atoms with van der Waals surface area (Å²) in [6.07, 6.45) is 4.46. The molecule has 0 aliphatic heterocycles. The van der Waals surface area contributed by atoms with E-state index in [0.717, 1.165) is 19.4 Å². The van der Waals surface area contributed by atoms with Gasteiger partial charge < -0.3 is 15.5 Å². The van der Waals surface area contributed by atoms with E-state index < -0.39 is 5.97 Å². The van der Waals surface area contributed by atoms with E-state index in [-0.39, 0.29) is 17.9 Å². The number of hydrogen-bond donors (Lipinski definition) is 3. The van der Waals surface area contributed by atoms with Crippen LogP contribution < -0.4 is 5.32 Å². The molecule has 0 amide bonds. The summed E-state index contributed by atoms with van der Waals surface area (Å²) in [5.41, 5.74) is 0.0121. The second-order valence-corrected chi connectivity index (χ2v) is 4.74. The average molecular weight is 215 g/mol. The number of carbonyl (C=O) groups is 1. The topological polar surface area (TPSA) is 69.6 Å². The minimum atomic E-state index is -0.771. The van der Waals surface area contributed by atoms with Crippen molar-refractivity contribution >= 4 is 5.97 Å². The first-order valence-electron chi connectivity index (χ1n) is 5.64. The summed E-state index contributed by atoms with van der Waals surface area (Å²) in [6, 6.07) is 0. The van der Waals surface area contributed by atoms with Crippen molar-refractivity contribution in [3.8, 4) is 0 Å². The van der Waals surface area contributed by atoms with Crippen LogP contribution in [0.2, 0.25) is 0 Å². The van der Waals surface area contributed by atoms with Crippen molar-refractivity contribution in [1.29, 1.82) is 0 Å². The third-order valence-electron chi connectivity index (χ3n) is 3.37. The van der Waals surface area contributed by atoms with E-state index in [1.807, 2.05) is 0 Å². The van der Waals surface area contributed by atoms with Crippen LogP contribution in [0.1, 0.15) is 32.6 Å². The van der Waals surface area contributed by atoms with Crippen LogP contribution in [-0.4, -0.2) is 35.9 Å². The third kappa shape index (κ3) is 3.47. The molecule has 4 heteroatoms. The highest BCUT2D eigenvalue weighted by molar-refractivity contribution is 5.69. The molecule has 1 rings (SSSR count). The molecule has 0 aromatic rings. The molecule has 1 unspecified atom stereocenters. The van der Waals surface area contributed by atoms with Gasteiger partial charge in [-0.05, 0) is 12.8 Å². The van der Waals surface area contributed by atoms with Gasteiger partial charge in [-0.1, -0.05) is 19.8 Å². The molecular weight excluding hydrogens is 194 g/mol. The third-order valence-corrected chi connectivity index (χ3v) is 3.37. The minimum Gasteiger partial charge on any atom is -0.481 e. The molecule has 1 fully saturated rings. The number of carboxylic acid groups (broad SMARTS) is 1. The Bertz CT molecular complexity index is 212. The van der Waals surface area contributed by atoms with Crippen LogP contribution in [0.3, 0.4) is 0 Å². The predicted molar refractivity (Wildman–Crippen MR) is 57.7 cm³/mol. The Hall–Kier alpha value is -0.610. The molecule has 1 aliphatic rings. The molecule has 0 saturated heterocycles. The zero-order valence-electron chi connectivity index (χ0n) is 9.33. The van der Waals surface area contributed by atoms with Gasteiger partial charge in [0.25, 0.3) is 0 Å². The molecule has 88 valence electrons. The van der Waals surface area contributed by atoms with E-state index in [2.05, 4.69) is 5.32 Å². The van der Waals surface area contributed by atoms with E-state index in [1.165, 1.54) is 12.8 Å². The van der Waals surface area contributed by atoms with Crippen molar-refractivity contribution in [3.05, 3.63) is 0 Å².